The summed E-state index contributed by atoms with van der Waals surface area (Å²) in [5, 5.41) is 2.97. The highest BCUT2D eigenvalue weighted by Crippen LogP contribution is 2.18. The maximum absolute atomic E-state index is 12.1. The summed E-state index contributed by atoms with van der Waals surface area (Å²) in [5.74, 6) is 0.235. The normalized spacial score (nSPS) is 17.9. The van der Waals surface area contributed by atoms with Crippen LogP contribution in [0.25, 0.3) is 0 Å². The van der Waals surface area contributed by atoms with Crippen molar-refractivity contribution in [3.05, 3.63) is 0 Å². The lowest BCUT2D eigenvalue weighted by Gasteiger charge is -2.33. The summed E-state index contributed by atoms with van der Waals surface area (Å²) in [4.78, 5) is 25.8. The van der Waals surface area contributed by atoms with Crippen LogP contribution >= 0.6 is 0 Å². The van der Waals surface area contributed by atoms with Crippen LogP contribution in [-0.2, 0) is 9.59 Å². The van der Waals surface area contributed by atoms with Gasteiger partial charge in [0.05, 0.1) is 6.04 Å². The van der Waals surface area contributed by atoms with E-state index in [0.29, 0.717) is 13.1 Å². The van der Waals surface area contributed by atoms with Crippen molar-refractivity contribution in [1.29, 1.82) is 0 Å². The van der Waals surface area contributed by atoms with Crippen LogP contribution < -0.4 is 11.1 Å². The van der Waals surface area contributed by atoms with Crippen LogP contribution in [0.1, 0.15) is 52.4 Å². The number of rotatable bonds is 7. The zero-order valence-electron chi connectivity index (χ0n) is 12.9. The van der Waals surface area contributed by atoms with Gasteiger partial charge in [-0.1, -0.05) is 26.7 Å². The molecule has 0 aliphatic carbocycles. The fourth-order valence-corrected chi connectivity index (χ4v) is 2.56. The van der Waals surface area contributed by atoms with Gasteiger partial charge in [-0.15, -0.1) is 0 Å². The molecule has 0 aromatic heterocycles. The Morgan fingerprint density at radius 3 is 2.45 bits per heavy atom. The number of amides is 2. The van der Waals surface area contributed by atoms with Crippen molar-refractivity contribution in [2.75, 3.05) is 19.6 Å². The van der Waals surface area contributed by atoms with E-state index in [9.17, 15) is 9.59 Å². The van der Waals surface area contributed by atoms with Gasteiger partial charge in [-0.25, -0.2) is 0 Å². The monoisotopic (exact) mass is 283 g/mol. The molecule has 5 nitrogen and oxygen atoms in total. The Balaban J connectivity index is 2.32. The Labute approximate surface area is 122 Å². The number of carbonyl (C=O) groups excluding carboxylic acids is 2. The number of hydrogen-bond donors (Lipinski definition) is 2. The van der Waals surface area contributed by atoms with Gasteiger partial charge in [-0.2, -0.15) is 0 Å². The van der Waals surface area contributed by atoms with Gasteiger partial charge in [0.15, 0.2) is 0 Å². The van der Waals surface area contributed by atoms with E-state index in [-0.39, 0.29) is 23.8 Å². The van der Waals surface area contributed by atoms with Crippen LogP contribution in [0, 0.1) is 5.92 Å². The second-order valence-corrected chi connectivity index (χ2v) is 5.64. The molecule has 0 spiro atoms. The SMILES string of the molecule is CCCCNC(=O)C1CCN(C(=O)[C@@H](N)CCC)CC1. The van der Waals surface area contributed by atoms with Gasteiger partial charge in [-0.05, 0) is 25.7 Å². The number of likely N-dealkylation sites (tertiary alicyclic amines) is 1. The van der Waals surface area contributed by atoms with Crippen LogP contribution in [0.3, 0.4) is 0 Å². The van der Waals surface area contributed by atoms with Gasteiger partial charge < -0.3 is 16.0 Å². The molecule has 1 saturated heterocycles. The minimum absolute atomic E-state index is 0.0386. The first-order chi connectivity index (χ1) is 9.60. The summed E-state index contributed by atoms with van der Waals surface area (Å²) in [5.41, 5.74) is 5.86. The van der Waals surface area contributed by atoms with Crippen molar-refractivity contribution in [3.63, 3.8) is 0 Å². The van der Waals surface area contributed by atoms with E-state index in [1.165, 1.54) is 0 Å². The second-order valence-electron chi connectivity index (χ2n) is 5.64. The summed E-state index contributed by atoms with van der Waals surface area (Å²) in [6, 6.07) is -0.380. The van der Waals surface area contributed by atoms with E-state index in [4.69, 9.17) is 5.73 Å². The van der Waals surface area contributed by atoms with Crippen molar-refractivity contribution < 1.29 is 9.59 Å². The lowest BCUT2D eigenvalue weighted by atomic mass is 9.95. The molecule has 1 fully saturated rings. The molecule has 0 radical (unpaired) electrons. The van der Waals surface area contributed by atoms with Crippen LogP contribution in [0.4, 0.5) is 0 Å². The number of hydrogen-bond acceptors (Lipinski definition) is 3. The minimum atomic E-state index is -0.380. The molecule has 2 amide bonds. The molecule has 116 valence electrons. The summed E-state index contributed by atoms with van der Waals surface area (Å²) in [6.45, 7) is 6.20. The Morgan fingerprint density at radius 1 is 1.25 bits per heavy atom. The molecular weight excluding hydrogens is 254 g/mol. The summed E-state index contributed by atoms with van der Waals surface area (Å²) >= 11 is 0. The average molecular weight is 283 g/mol. The van der Waals surface area contributed by atoms with E-state index in [0.717, 1.165) is 45.1 Å². The first-order valence-electron chi connectivity index (χ1n) is 7.92. The number of nitrogens with zero attached hydrogens (tertiary/aromatic N) is 1. The van der Waals surface area contributed by atoms with Crippen molar-refractivity contribution in [1.82, 2.24) is 10.2 Å². The molecule has 1 rings (SSSR count). The maximum atomic E-state index is 12.1. The van der Waals surface area contributed by atoms with Crippen molar-refractivity contribution >= 4 is 11.8 Å². The fraction of sp³-hybridized carbons (Fsp3) is 0.867. The summed E-state index contributed by atoms with van der Waals surface area (Å²) in [7, 11) is 0. The minimum Gasteiger partial charge on any atom is -0.356 e. The van der Waals surface area contributed by atoms with Crippen molar-refractivity contribution in [3.8, 4) is 0 Å². The largest absolute Gasteiger partial charge is 0.356 e. The fourth-order valence-electron chi connectivity index (χ4n) is 2.56. The second kappa shape index (κ2) is 8.95. The van der Waals surface area contributed by atoms with Gasteiger partial charge in [0, 0.05) is 25.6 Å². The van der Waals surface area contributed by atoms with Gasteiger partial charge in [0.1, 0.15) is 0 Å². The average Bonchev–Trinajstić information content (AvgIpc) is 2.47. The molecule has 20 heavy (non-hydrogen) atoms. The van der Waals surface area contributed by atoms with Gasteiger partial charge in [0.2, 0.25) is 11.8 Å². The lowest BCUT2D eigenvalue weighted by molar-refractivity contribution is -0.136. The zero-order valence-corrected chi connectivity index (χ0v) is 12.9. The molecule has 5 heteroatoms. The van der Waals surface area contributed by atoms with E-state index in [2.05, 4.69) is 12.2 Å². The molecule has 0 unspecified atom stereocenters. The van der Waals surface area contributed by atoms with E-state index in [1.54, 1.807) is 0 Å². The lowest BCUT2D eigenvalue weighted by Crippen LogP contribution is -2.48. The molecule has 0 saturated carbocycles. The molecule has 0 aromatic rings. The van der Waals surface area contributed by atoms with Gasteiger partial charge >= 0.3 is 0 Å². The summed E-state index contributed by atoms with van der Waals surface area (Å²) in [6.07, 6.45) is 5.27. The zero-order chi connectivity index (χ0) is 15.0. The Morgan fingerprint density at radius 2 is 1.90 bits per heavy atom. The molecule has 1 atom stereocenters. The molecule has 1 aliphatic heterocycles. The third-order valence-electron chi connectivity index (χ3n) is 3.92. The predicted molar refractivity (Wildman–Crippen MR) is 80.1 cm³/mol. The first-order valence-corrected chi connectivity index (χ1v) is 7.92. The number of nitrogens with two attached hydrogens (primary N) is 1. The highest BCUT2D eigenvalue weighted by atomic mass is 16.2. The Kier molecular flexibility index (Phi) is 7.59. The van der Waals surface area contributed by atoms with E-state index < -0.39 is 0 Å². The highest BCUT2D eigenvalue weighted by molar-refractivity contribution is 5.82. The molecule has 1 heterocycles. The van der Waals surface area contributed by atoms with E-state index in [1.807, 2.05) is 11.8 Å². The number of piperidine rings is 1. The number of carbonyl (C=O) groups is 2. The topological polar surface area (TPSA) is 75.4 Å². The Hall–Kier alpha value is -1.10. The molecule has 0 bridgehead atoms. The quantitative estimate of drug-likeness (QED) is 0.691. The van der Waals surface area contributed by atoms with Crippen molar-refractivity contribution in [2.45, 2.75) is 58.4 Å². The van der Waals surface area contributed by atoms with Crippen molar-refractivity contribution in [2.24, 2.45) is 11.7 Å². The third kappa shape index (κ3) is 5.12. The molecule has 3 N–H and O–H groups in total. The first kappa shape index (κ1) is 17.0. The van der Waals surface area contributed by atoms with Crippen LogP contribution in [0.5, 0.6) is 0 Å². The maximum Gasteiger partial charge on any atom is 0.239 e. The Bertz CT molecular complexity index is 312. The highest BCUT2D eigenvalue weighted by Gasteiger charge is 2.28. The predicted octanol–water partition coefficient (Wildman–Crippen LogP) is 1.27. The van der Waals surface area contributed by atoms with Crippen LogP contribution in [-0.4, -0.2) is 42.4 Å². The van der Waals surface area contributed by atoms with Gasteiger partial charge in [0.25, 0.3) is 0 Å². The molecule has 1 aliphatic rings. The summed E-state index contributed by atoms with van der Waals surface area (Å²) < 4.78 is 0. The standard InChI is InChI=1S/C15H29N3O2/c1-3-5-9-17-14(19)12-7-10-18(11-8-12)15(20)13(16)6-4-2/h12-13H,3-11,16H2,1-2H3,(H,17,19)/t13-/m0/s1. The number of unbranched alkanes of at least 4 members (excludes halogenated alkanes) is 1. The van der Waals surface area contributed by atoms with E-state index >= 15 is 0 Å². The third-order valence-corrected chi connectivity index (χ3v) is 3.92. The number of nitrogens with one attached hydrogen (secondary N) is 1. The van der Waals surface area contributed by atoms with Gasteiger partial charge in [-0.3, -0.25) is 9.59 Å². The molecule has 0 aromatic carbocycles. The smallest absolute Gasteiger partial charge is 0.239 e. The van der Waals surface area contributed by atoms with Crippen LogP contribution in [0.15, 0.2) is 0 Å². The molecular formula is C15H29N3O2. The van der Waals surface area contributed by atoms with Crippen LogP contribution in [0.2, 0.25) is 0 Å².